The summed E-state index contributed by atoms with van der Waals surface area (Å²) in [4.78, 5) is 24.7. The van der Waals surface area contributed by atoms with Crippen LogP contribution in [0.15, 0.2) is 34.7 Å². The van der Waals surface area contributed by atoms with Crippen molar-refractivity contribution >= 4 is 39.9 Å². The van der Waals surface area contributed by atoms with Gasteiger partial charge < -0.3 is 19.2 Å². The maximum atomic E-state index is 12.7. The minimum Gasteiger partial charge on any atom is -0.454 e. The number of furan rings is 1. The zero-order chi connectivity index (χ0) is 18.4. The van der Waals surface area contributed by atoms with Gasteiger partial charge in [0.2, 0.25) is 6.79 Å². The number of fused-ring (bicyclic) bond motifs is 2. The van der Waals surface area contributed by atoms with E-state index in [9.17, 15) is 9.59 Å². The molecule has 2 aromatic carbocycles. The highest BCUT2D eigenvalue weighted by molar-refractivity contribution is 6.31. The first-order valence-corrected chi connectivity index (χ1v) is 8.26. The number of aryl methyl sites for hydroxylation is 1. The molecule has 0 atom stereocenters. The summed E-state index contributed by atoms with van der Waals surface area (Å²) in [5, 5.41) is 4.05. The zero-order valence-electron chi connectivity index (χ0n) is 14.0. The van der Waals surface area contributed by atoms with Crippen molar-refractivity contribution in [3.8, 4) is 11.5 Å². The van der Waals surface area contributed by atoms with Gasteiger partial charge in [-0.2, -0.15) is 0 Å². The third kappa shape index (κ3) is 2.68. The van der Waals surface area contributed by atoms with E-state index in [-0.39, 0.29) is 18.3 Å². The molecule has 1 N–H and O–H groups in total. The molecule has 0 spiro atoms. The number of hydrogen-bond acceptors (Lipinski definition) is 5. The SMILES string of the molecule is CC(=O)c1cc2c(cc1NC(=O)c1oc3ccc(Cl)cc3c1C)OCO2. The smallest absolute Gasteiger partial charge is 0.291 e. The number of rotatable bonds is 3. The molecule has 0 unspecified atom stereocenters. The second-order valence-corrected chi connectivity index (χ2v) is 6.39. The highest BCUT2D eigenvalue weighted by atomic mass is 35.5. The maximum Gasteiger partial charge on any atom is 0.291 e. The van der Waals surface area contributed by atoms with E-state index in [0.717, 1.165) is 5.39 Å². The number of halogens is 1. The lowest BCUT2D eigenvalue weighted by molar-refractivity contribution is 0.0998. The Morgan fingerprint density at radius 3 is 2.58 bits per heavy atom. The molecule has 0 saturated carbocycles. The quantitative estimate of drug-likeness (QED) is 0.682. The molecule has 132 valence electrons. The van der Waals surface area contributed by atoms with Crippen LogP contribution in [-0.2, 0) is 0 Å². The molecule has 0 saturated heterocycles. The first kappa shape index (κ1) is 16.5. The Labute approximate surface area is 153 Å². The van der Waals surface area contributed by atoms with Crippen molar-refractivity contribution < 1.29 is 23.5 Å². The van der Waals surface area contributed by atoms with Crippen molar-refractivity contribution in [2.24, 2.45) is 0 Å². The number of benzene rings is 2. The maximum absolute atomic E-state index is 12.7. The molecule has 1 amide bonds. The lowest BCUT2D eigenvalue weighted by Crippen LogP contribution is -2.14. The van der Waals surface area contributed by atoms with Crippen molar-refractivity contribution in [1.82, 2.24) is 0 Å². The zero-order valence-corrected chi connectivity index (χ0v) is 14.8. The van der Waals surface area contributed by atoms with Gasteiger partial charge in [0.25, 0.3) is 5.91 Å². The topological polar surface area (TPSA) is 77.8 Å². The molecule has 2 heterocycles. The van der Waals surface area contributed by atoms with Crippen molar-refractivity contribution in [3.05, 3.63) is 52.2 Å². The molecular formula is C19H14ClNO5. The monoisotopic (exact) mass is 371 g/mol. The molecule has 26 heavy (non-hydrogen) atoms. The normalized spacial score (nSPS) is 12.4. The van der Waals surface area contributed by atoms with E-state index < -0.39 is 5.91 Å². The van der Waals surface area contributed by atoms with Crippen LogP contribution in [0, 0.1) is 6.92 Å². The van der Waals surface area contributed by atoms with Gasteiger partial charge in [0.05, 0.1) is 5.69 Å². The predicted molar refractivity (Wildman–Crippen MR) is 96.5 cm³/mol. The minimum absolute atomic E-state index is 0.0769. The molecule has 7 heteroatoms. The minimum atomic E-state index is -0.462. The third-order valence-corrected chi connectivity index (χ3v) is 4.48. The average molecular weight is 372 g/mol. The Bertz CT molecular complexity index is 1070. The van der Waals surface area contributed by atoms with Crippen LogP contribution in [0.5, 0.6) is 11.5 Å². The molecule has 6 nitrogen and oxygen atoms in total. The highest BCUT2D eigenvalue weighted by Gasteiger charge is 2.23. The lowest BCUT2D eigenvalue weighted by atomic mass is 10.1. The molecule has 3 aromatic rings. The fraction of sp³-hybridized carbons (Fsp3) is 0.158. The van der Waals surface area contributed by atoms with Gasteiger partial charge in [0, 0.05) is 27.6 Å². The van der Waals surface area contributed by atoms with Gasteiger partial charge >= 0.3 is 0 Å². The molecule has 1 aliphatic heterocycles. The summed E-state index contributed by atoms with van der Waals surface area (Å²) < 4.78 is 16.3. The predicted octanol–water partition coefficient (Wildman–Crippen LogP) is 4.58. The summed E-state index contributed by atoms with van der Waals surface area (Å²) in [7, 11) is 0. The van der Waals surface area contributed by atoms with E-state index in [0.29, 0.717) is 38.9 Å². The first-order chi connectivity index (χ1) is 12.4. The van der Waals surface area contributed by atoms with Crippen molar-refractivity contribution in [3.63, 3.8) is 0 Å². The summed E-state index contributed by atoms with van der Waals surface area (Å²) in [6.45, 7) is 3.28. The standard InChI is InChI=1S/C19H14ClNO5/c1-9-12-5-11(20)3-4-15(12)26-18(9)19(23)21-14-7-17-16(24-8-25-17)6-13(14)10(2)22/h3-7H,8H2,1-2H3,(H,21,23). The Hall–Kier alpha value is -2.99. The molecule has 1 aromatic heterocycles. The Morgan fingerprint density at radius 1 is 1.12 bits per heavy atom. The van der Waals surface area contributed by atoms with Crippen LogP contribution in [-0.4, -0.2) is 18.5 Å². The fourth-order valence-electron chi connectivity index (χ4n) is 2.93. The summed E-state index contributed by atoms with van der Waals surface area (Å²) in [6, 6.07) is 8.29. The van der Waals surface area contributed by atoms with E-state index in [1.807, 2.05) is 0 Å². The first-order valence-electron chi connectivity index (χ1n) is 7.88. The molecule has 0 fully saturated rings. The van der Waals surface area contributed by atoms with Crippen molar-refractivity contribution in [2.45, 2.75) is 13.8 Å². The van der Waals surface area contributed by atoms with E-state index in [1.165, 1.54) is 6.92 Å². The molecule has 4 rings (SSSR count). The number of carbonyl (C=O) groups excluding carboxylic acids is 2. The largest absolute Gasteiger partial charge is 0.454 e. The van der Waals surface area contributed by atoms with Gasteiger partial charge in [0.1, 0.15) is 5.58 Å². The fourth-order valence-corrected chi connectivity index (χ4v) is 3.10. The number of ketones is 1. The number of hydrogen-bond donors (Lipinski definition) is 1. The van der Waals surface area contributed by atoms with Crippen LogP contribution in [0.25, 0.3) is 11.0 Å². The van der Waals surface area contributed by atoms with Crippen molar-refractivity contribution in [2.75, 3.05) is 12.1 Å². The van der Waals surface area contributed by atoms with Crippen LogP contribution in [0.4, 0.5) is 5.69 Å². The molecule has 0 bridgehead atoms. The van der Waals surface area contributed by atoms with E-state index in [1.54, 1.807) is 37.3 Å². The highest BCUT2D eigenvalue weighted by Crippen LogP contribution is 2.37. The number of ether oxygens (including phenoxy) is 2. The molecule has 0 radical (unpaired) electrons. The number of amides is 1. The Balaban J connectivity index is 1.73. The van der Waals surface area contributed by atoms with E-state index in [2.05, 4.69) is 5.32 Å². The molecular weight excluding hydrogens is 358 g/mol. The molecule has 1 aliphatic rings. The third-order valence-electron chi connectivity index (χ3n) is 4.24. The summed E-state index contributed by atoms with van der Waals surface area (Å²) in [5.74, 6) is 0.443. The van der Waals surface area contributed by atoms with E-state index in [4.69, 9.17) is 25.5 Å². The second kappa shape index (κ2) is 6.07. The van der Waals surface area contributed by atoms with Crippen molar-refractivity contribution in [1.29, 1.82) is 0 Å². The van der Waals surface area contributed by atoms with Crippen LogP contribution in [0.2, 0.25) is 5.02 Å². The van der Waals surface area contributed by atoms with Crippen LogP contribution in [0.1, 0.15) is 33.4 Å². The summed E-state index contributed by atoms with van der Waals surface area (Å²) in [6.07, 6.45) is 0. The van der Waals surface area contributed by atoms with Gasteiger partial charge in [-0.15, -0.1) is 0 Å². The second-order valence-electron chi connectivity index (χ2n) is 5.96. The molecule has 0 aliphatic carbocycles. The van der Waals surface area contributed by atoms with E-state index >= 15 is 0 Å². The van der Waals surface area contributed by atoms with Gasteiger partial charge in [-0.05, 0) is 38.1 Å². The summed E-state index contributed by atoms with van der Waals surface area (Å²) in [5.41, 5.74) is 1.91. The number of anilines is 1. The van der Waals surface area contributed by atoms with Gasteiger partial charge in [0.15, 0.2) is 23.0 Å². The van der Waals surface area contributed by atoms with Gasteiger partial charge in [-0.1, -0.05) is 11.6 Å². The number of carbonyl (C=O) groups is 2. The van der Waals surface area contributed by atoms with Crippen LogP contribution in [0.3, 0.4) is 0 Å². The summed E-state index contributed by atoms with van der Waals surface area (Å²) >= 11 is 6.01. The average Bonchev–Trinajstić information content (AvgIpc) is 3.18. The lowest BCUT2D eigenvalue weighted by Gasteiger charge is -2.10. The Morgan fingerprint density at radius 2 is 1.85 bits per heavy atom. The van der Waals surface area contributed by atoms with Crippen LogP contribution < -0.4 is 14.8 Å². The Kier molecular flexibility index (Phi) is 3.85. The number of Topliss-reactive ketones (excluding diaryl/α,β-unsaturated/α-hetero) is 1. The van der Waals surface area contributed by atoms with Gasteiger partial charge in [-0.3, -0.25) is 9.59 Å². The van der Waals surface area contributed by atoms with Crippen LogP contribution >= 0.6 is 11.6 Å². The number of nitrogens with one attached hydrogen (secondary N) is 1. The van der Waals surface area contributed by atoms with Gasteiger partial charge in [-0.25, -0.2) is 0 Å².